The molecule has 0 saturated carbocycles. The summed E-state index contributed by atoms with van der Waals surface area (Å²) in [5, 5.41) is 14.3. The van der Waals surface area contributed by atoms with Gasteiger partial charge in [-0.3, -0.25) is 0 Å². The highest BCUT2D eigenvalue weighted by molar-refractivity contribution is 5.83. The number of urea groups is 1. The van der Waals surface area contributed by atoms with Crippen molar-refractivity contribution < 1.29 is 14.7 Å². The Balaban J connectivity index is 2.59. The summed E-state index contributed by atoms with van der Waals surface area (Å²) in [6.07, 6.45) is 3.91. The smallest absolute Gasteiger partial charge is 0.326 e. The average molecular weight is 268 g/mol. The van der Waals surface area contributed by atoms with Crippen molar-refractivity contribution in [1.29, 1.82) is 0 Å². The molecule has 0 radical (unpaired) electrons. The third kappa shape index (κ3) is 4.99. The van der Waals surface area contributed by atoms with Crippen LogP contribution in [0.25, 0.3) is 0 Å². The van der Waals surface area contributed by atoms with Crippen molar-refractivity contribution in [2.45, 2.75) is 45.2 Å². The average Bonchev–Trinajstić information content (AvgIpc) is 2.80. The summed E-state index contributed by atoms with van der Waals surface area (Å²) in [7, 11) is 0. The predicted molar refractivity (Wildman–Crippen MR) is 69.8 cm³/mol. The number of aliphatic carboxylic acids is 1. The maximum atomic E-state index is 11.7. The van der Waals surface area contributed by atoms with Gasteiger partial charge in [0.2, 0.25) is 0 Å². The lowest BCUT2D eigenvalue weighted by Crippen LogP contribution is -2.53. The second kappa shape index (κ2) is 6.21. The lowest BCUT2D eigenvalue weighted by atomic mass is 10.0. The molecule has 7 heteroatoms. The zero-order valence-electron chi connectivity index (χ0n) is 11.4. The van der Waals surface area contributed by atoms with Gasteiger partial charge in [0.05, 0.1) is 6.33 Å². The minimum Gasteiger partial charge on any atom is -0.480 e. The summed E-state index contributed by atoms with van der Waals surface area (Å²) in [6.45, 7) is 5.69. The van der Waals surface area contributed by atoms with E-state index >= 15 is 0 Å². The Hall–Kier alpha value is -2.05. The van der Waals surface area contributed by atoms with Crippen LogP contribution in [0.2, 0.25) is 0 Å². The molecule has 7 nitrogen and oxygen atoms in total. The molecular formula is C12H20N4O3. The highest BCUT2D eigenvalue weighted by Crippen LogP contribution is 2.06. The molecule has 0 spiro atoms. The first-order valence-corrected chi connectivity index (χ1v) is 6.13. The standard InChI is InChI=1S/C12H20N4O3/c1-4-12(2,3)16-11(19)15-9(10(17)18)5-8-6-13-7-14-8/h6-7,9H,4-5H2,1-3H3,(H,13,14)(H,17,18)(H2,15,16,19)/t9-/m1/s1. The van der Waals surface area contributed by atoms with Crippen LogP contribution in [0.4, 0.5) is 4.79 Å². The number of aromatic amines is 1. The minimum absolute atomic E-state index is 0.162. The van der Waals surface area contributed by atoms with Gasteiger partial charge >= 0.3 is 12.0 Å². The van der Waals surface area contributed by atoms with Crippen molar-refractivity contribution in [2.75, 3.05) is 0 Å². The second-order valence-corrected chi connectivity index (χ2v) is 5.01. The van der Waals surface area contributed by atoms with Gasteiger partial charge in [0.1, 0.15) is 6.04 Å². The number of carboxylic acids is 1. The summed E-state index contributed by atoms with van der Waals surface area (Å²) in [4.78, 5) is 29.5. The number of rotatable bonds is 6. The lowest BCUT2D eigenvalue weighted by Gasteiger charge is -2.25. The summed E-state index contributed by atoms with van der Waals surface area (Å²) < 4.78 is 0. The van der Waals surface area contributed by atoms with Gasteiger partial charge in [-0.15, -0.1) is 0 Å². The molecule has 0 aliphatic rings. The number of nitrogens with one attached hydrogen (secondary N) is 3. The summed E-state index contributed by atoms with van der Waals surface area (Å²) in [6, 6.07) is -1.48. The molecule has 1 aromatic rings. The van der Waals surface area contributed by atoms with E-state index in [1.54, 1.807) is 0 Å². The van der Waals surface area contributed by atoms with Gasteiger partial charge < -0.3 is 20.7 Å². The molecule has 0 aromatic carbocycles. The number of H-pyrrole nitrogens is 1. The number of carboxylic acid groups (broad SMARTS) is 1. The van der Waals surface area contributed by atoms with Crippen LogP contribution in [0.5, 0.6) is 0 Å². The van der Waals surface area contributed by atoms with Crippen LogP contribution in [0.1, 0.15) is 32.9 Å². The van der Waals surface area contributed by atoms with Gasteiger partial charge in [-0.25, -0.2) is 14.6 Å². The molecule has 0 aliphatic heterocycles. The Morgan fingerprint density at radius 2 is 2.21 bits per heavy atom. The van der Waals surface area contributed by atoms with Crippen molar-refractivity contribution in [3.05, 3.63) is 18.2 Å². The number of imidazole rings is 1. The summed E-state index contributed by atoms with van der Waals surface area (Å²) in [5.74, 6) is -1.08. The van der Waals surface area contributed by atoms with Crippen LogP contribution in [-0.4, -0.2) is 38.7 Å². The largest absolute Gasteiger partial charge is 0.480 e. The van der Waals surface area contributed by atoms with Crippen molar-refractivity contribution in [3.8, 4) is 0 Å². The van der Waals surface area contributed by atoms with E-state index in [1.807, 2.05) is 20.8 Å². The lowest BCUT2D eigenvalue weighted by molar-refractivity contribution is -0.139. The number of nitrogens with zero attached hydrogens (tertiary/aromatic N) is 1. The maximum Gasteiger partial charge on any atom is 0.326 e. The first kappa shape index (κ1) is 15.0. The Bertz CT molecular complexity index is 428. The third-order valence-electron chi connectivity index (χ3n) is 2.92. The molecule has 1 atom stereocenters. The fourth-order valence-corrected chi connectivity index (χ4v) is 1.41. The Morgan fingerprint density at radius 1 is 1.53 bits per heavy atom. The van der Waals surface area contributed by atoms with Crippen LogP contribution in [-0.2, 0) is 11.2 Å². The first-order chi connectivity index (χ1) is 8.84. The third-order valence-corrected chi connectivity index (χ3v) is 2.92. The zero-order valence-corrected chi connectivity index (χ0v) is 11.4. The van der Waals surface area contributed by atoms with Gasteiger partial charge in [0.15, 0.2) is 0 Å². The fraction of sp³-hybridized carbons (Fsp3) is 0.583. The molecule has 0 unspecified atom stereocenters. The van der Waals surface area contributed by atoms with E-state index in [9.17, 15) is 9.59 Å². The van der Waals surface area contributed by atoms with Crippen molar-refractivity contribution in [3.63, 3.8) is 0 Å². The number of aromatic nitrogens is 2. The van der Waals surface area contributed by atoms with E-state index in [-0.39, 0.29) is 12.0 Å². The summed E-state index contributed by atoms with van der Waals surface area (Å²) in [5.41, 5.74) is 0.281. The molecule has 106 valence electrons. The number of hydrogen-bond acceptors (Lipinski definition) is 3. The highest BCUT2D eigenvalue weighted by atomic mass is 16.4. The first-order valence-electron chi connectivity index (χ1n) is 6.13. The van der Waals surface area contributed by atoms with E-state index in [0.717, 1.165) is 6.42 Å². The molecule has 0 bridgehead atoms. The van der Waals surface area contributed by atoms with E-state index in [0.29, 0.717) is 5.69 Å². The molecule has 0 saturated heterocycles. The highest BCUT2D eigenvalue weighted by Gasteiger charge is 2.24. The van der Waals surface area contributed by atoms with Crippen LogP contribution in [0.3, 0.4) is 0 Å². The Morgan fingerprint density at radius 3 is 2.68 bits per heavy atom. The minimum atomic E-state index is -1.08. The molecule has 4 N–H and O–H groups in total. The molecule has 0 aliphatic carbocycles. The van der Waals surface area contributed by atoms with E-state index < -0.39 is 18.0 Å². The monoisotopic (exact) mass is 268 g/mol. The number of carbonyl (C=O) groups excluding carboxylic acids is 1. The van der Waals surface area contributed by atoms with Crippen molar-refractivity contribution in [1.82, 2.24) is 20.6 Å². The molecule has 1 heterocycles. The van der Waals surface area contributed by atoms with Crippen molar-refractivity contribution >= 4 is 12.0 Å². The van der Waals surface area contributed by atoms with Gasteiger partial charge in [-0.1, -0.05) is 6.92 Å². The van der Waals surface area contributed by atoms with E-state index in [2.05, 4.69) is 20.6 Å². The number of amides is 2. The van der Waals surface area contributed by atoms with E-state index in [1.165, 1.54) is 12.5 Å². The van der Waals surface area contributed by atoms with Gasteiger partial charge in [-0.05, 0) is 20.3 Å². The van der Waals surface area contributed by atoms with Gasteiger partial charge in [-0.2, -0.15) is 0 Å². The van der Waals surface area contributed by atoms with E-state index in [4.69, 9.17) is 5.11 Å². The molecule has 0 fully saturated rings. The fourth-order valence-electron chi connectivity index (χ4n) is 1.41. The van der Waals surface area contributed by atoms with Crippen LogP contribution >= 0.6 is 0 Å². The SMILES string of the molecule is CCC(C)(C)NC(=O)N[C@H](Cc1cnc[nH]1)C(=O)O. The van der Waals surface area contributed by atoms with Gasteiger partial charge in [0.25, 0.3) is 0 Å². The number of hydrogen-bond donors (Lipinski definition) is 4. The molecule has 2 amide bonds. The quantitative estimate of drug-likeness (QED) is 0.614. The normalized spacial score (nSPS) is 12.8. The Labute approximate surface area is 111 Å². The molecule has 1 rings (SSSR count). The molecular weight excluding hydrogens is 248 g/mol. The van der Waals surface area contributed by atoms with Gasteiger partial charge in [0, 0.05) is 23.9 Å². The molecule has 19 heavy (non-hydrogen) atoms. The summed E-state index contributed by atoms with van der Waals surface area (Å²) >= 11 is 0. The predicted octanol–water partition coefficient (Wildman–Crippen LogP) is 0.893. The van der Waals surface area contributed by atoms with Crippen LogP contribution in [0.15, 0.2) is 12.5 Å². The maximum absolute atomic E-state index is 11.7. The Kier molecular flexibility index (Phi) is 4.91. The number of carbonyl (C=O) groups is 2. The van der Waals surface area contributed by atoms with Crippen molar-refractivity contribution in [2.24, 2.45) is 0 Å². The molecule has 1 aromatic heterocycles. The zero-order chi connectivity index (χ0) is 14.5. The topological polar surface area (TPSA) is 107 Å². The van der Waals surface area contributed by atoms with Crippen LogP contribution in [0, 0.1) is 0 Å². The van der Waals surface area contributed by atoms with Crippen LogP contribution < -0.4 is 10.6 Å². The second-order valence-electron chi connectivity index (χ2n) is 5.01.